The van der Waals surface area contributed by atoms with Crippen LogP contribution < -0.4 is 5.32 Å². The third kappa shape index (κ3) is 3.88. The zero-order chi connectivity index (χ0) is 14.6. The maximum Gasteiger partial charge on any atom is 0.337 e. The van der Waals surface area contributed by atoms with Crippen molar-refractivity contribution in [2.45, 2.75) is 13.8 Å². The van der Waals surface area contributed by atoms with Gasteiger partial charge in [-0.2, -0.15) is 0 Å². The second kappa shape index (κ2) is 5.61. The summed E-state index contributed by atoms with van der Waals surface area (Å²) in [7, 11) is 0. The Balaban J connectivity index is 3.01. The summed E-state index contributed by atoms with van der Waals surface area (Å²) in [5.41, 5.74) is -1.13. The van der Waals surface area contributed by atoms with Gasteiger partial charge in [0.15, 0.2) is 0 Å². The fraction of sp³-hybridized carbons (Fsp3) is 0.455. The molecule has 0 bridgehead atoms. The molecule has 0 unspecified atom stereocenters. The second-order valence-corrected chi connectivity index (χ2v) is 4.83. The Labute approximate surface area is 109 Å². The highest BCUT2D eigenvalue weighted by Gasteiger charge is 2.22. The van der Waals surface area contributed by atoms with Crippen molar-refractivity contribution in [2.24, 2.45) is 5.41 Å². The molecule has 0 saturated carbocycles. The number of carboxylic acids is 1. The van der Waals surface area contributed by atoms with Gasteiger partial charge >= 0.3 is 11.7 Å². The molecule has 1 rings (SSSR count). The first kappa shape index (κ1) is 14.8. The molecule has 1 aromatic heterocycles. The van der Waals surface area contributed by atoms with Crippen LogP contribution in [-0.4, -0.2) is 39.2 Å². The van der Waals surface area contributed by atoms with Crippen molar-refractivity contribution < 1.29 is 19.9 Å². The van der Waals surface area contributed by atoms with Crippen LogP contribution in [-0.2, 0) is 0 Å². The fourth-order valence-electron chi connectivity index (χ4n) is 1.22. The van der Waals surface area contributed by atoms with Crippen LogP contribution >= 0.6 is 0 Å². The molecule has 0 aliphatic rings. The number of aliphatic hydroxyl groups excluding tert-OH is 1. The van der Waals surface area contributed by atoms with E-state index in [2.05, 4.69) is 10.3 Å². The predicted molar refractivity (Wildman–Crippen MR) is 67.2 cm³/mol. The summed E-state index contributed by atoms with van der Waals surface area (Å²) < 4.78 is 0. The van der Waals surface area contributed by atoms with E-state index in [0.717, 1.165) is 12.3 Å². The van der Waals surface area contributed by atoms with Crippen molar-refractivity contribution in [3.05, 3.63) is 27.9 Å². The quantitative estimate of drug-likeness (QED) is 0.521. The van der Waals surface area contributed by atoms with E-state index in [1.54, 1.807) is 13.8 Å². The molecule has 19 heavy (non-hydrogen) atoms. The molecule has 0 aliphatic carbocycles. The second-order valence-electron chi connectivity index (χ2n) is 4.83. The molecule has 0 saturated heterocycles. The summed E-state index contributed by atoms with van der Waals surface area (Å²) in [6.45, 7) is 3.72. The number of hydrogen-bond acceptors (Lipinski definition) is 6. The molecule has 0 aliphatic heterocycles. The van der Waals surface area contributed by atoms with E-state index in [-0.39, 0.29) is 24.5 Å². The van der Waals surface area contributed by atoms with Crippen molar-refractivity contribution in [2.75, 3.05) is 18.5 Å². The summed E-state index contributed by atoms with van der Waals surface area (Å²) in [6.07, 6.45) is 1.05. The van der Waals surface area contributed by atoms with E-state index < -0.39 is 22.0 Å². The van der Waals surface area contributed by atoms with E-state index in [0.29, 0.717) is 0 Å². The molecule has 1 heterocycles. The average molecular weight is 269 g/mol. The highest BCUT2D eigenvalue weighted by atomic mass is 16.6. The Morgan fingerprint density at radius 1 is 1.58 bits per heavy atom. The van der Waals surface area contributed by atoms with Crippen LogP contribution in [0.5, 0.6) is 0 Å². The lowest BCUT2D eigenvalue weighted by molar-refractivity contribution is -0.384. The van der Waals surface area contributed by atoms with Gasteiger partial charge in [0.2, 0.25) is 5.82 Å². The predicted octanol–water partition coefficient (Wildman–Crippen LogP) is 1.12. The number of anilines is 1. The third-order valence-electron chi connectivity index (χ3n) is 2.47. The molecule has 0 amide bonds. The van der Waals surface area contributed by atoms with Gasteiger partial charge < -0.3 is 15.5 Å². The summed E-state index contributed by atoms with van der Waals surface area (Å²) in [4.78, 5) is 24.7. The molecule has 8 heteroatoms. The minimum atomic E-state index is -1.28. The number of aliphatic hydroxyl groups is 1. The van der Waals surface area contributed by atoms with Gasteiger partial charge in [0.25, 0.3) is 0 Å². The van der Waals surface area contributed by atoms with Crippen LogP contribution in [0.2, 0.25) is 0 Å². The summed E-state index contributed by atoms with van der Waals surface area (Å²) in [6, 6.07) is 0.948. The van der Waals surface area contributed by atoms with Gasteiger partial charge in [-0.1, -0.05) is 13.8 Å². The highest BCUT2D eigenvalue weighted by molar-refractivity contribution is 5.88. The van der Waals surface area contributed by atoms with Crippen molar-refractivity contribution >= 4 is 17.5 Å². The Bertz CT molecular complexity index is 501. The lowest BCUT2D eigenvalue weighted by Gasteiger charge is -2.22. The topological polar surface area (TPSA) is 126 Å². The number of nitrogens with one attached hydrogen (secondary N) is 1. The number of hydrogen-bond donors (Lipinski definition) is 3. The number of pyridine rings is 1. The van der Waals surface area contributed by atoms with Crippen LogP contribution in [0.1, 0.15) is 24.2 Å². The lowest BCUT2D eigenvalue weighted by atomic mass is 9.95. The van der Waals surface area contributed by atoms with E-state index in [1.807, 2.05) is 0 Å². The molecule has 0 fully saturated rings. The third-order valence-corrected chi connectivity index (χ3v) is 2.47. The van der Waals surface area contributed by atoms with Crippen LogP contribution in [0, 0.1) is 15.5 Å². The Kier molecular flexibility index (Phi) is 4.38. The summed E-state index contributed by atoms with van der Waals surface area (Å²) >= 11 is 0. The molecule has 0 atom stereocenters. The molecule has 0 aromatic carbocycles. The molecule has 8 nitrogen and oxygen atoms in total. The largest absolute Gasteiger partial charge is 0.478 e. The maximum absolute atomic E-state index is 10.9. The van der Waals surface area contributed by atoms with Crippen molar-refractivity contribution in [3.63, 3.8) is 0 Å². The number of carbonyl (C=O) groups is 1. The monoisotopic (exact) mass is 269 g/mol. The molecule has 0 radical (unpaired) electrons. The Morgan fingerprint density at radius 2 is 2.21 bits per heavy atom. The average Bonchev–Trinajstić information content (AvgIpc) is 2.36. The van der Waals surface area contributed by atoms with Crippen molar-refractivity contribution in [3.8, 4) is 0 Å². The van der Waals surface area contributed by atoms with Gasteiger partial charge in [0.05, 0.1) is 10.5 Å². The molecule has 1 aromatic rings. The zero-order valence-corrected chi connectivity index (χ0v) is 10.6. The smallest absolute Gasteiger partial charge is 0.337 e. The molecule has 3 N–H and O–H groups in total. The van der Waals surface area contributed by atoms with Gasteiger partial charge in [-0.25, -0.2) is 9.78 Å². The number of aromatic carboxylic acids is 1. The first-order valence-electron chi connectivity index (χ1n) is 5.49. The lowest BCUT2D eigenvalue weighted by Crippen LogP contribution is -2.27. The van der Waals surface area contributed by atoms with Crippen LogP contribution in [0.15, 0.2) is 12.3 Å². The molecular formula is C11H15N3O5. The summed E-state index contributed by atoms with van der Waals surface area (Å²) in [5, 5.41) is 31.5. The first-order chi connectivity index (χ1) is 8.76. The first-order valence-corrected chi connectivity index (χ1v) is 5.49. The van der Waals surface area contributed by atoms with Gasteiger partial charge in [0, 0.05) is 30.8 Å². The van der Waals surface area contributed by atoms with Gasteiger partial charge in [-0.3, -0.25) is 10.1 Å². The SMILES string of the molecule is CC(C)(CO)CNc1ncc(C(=O)O)cc1[N+](=O)[O-]. The number of rotatable bonds is 6. The molecular weight excluding hydrogens is 254 g/mol. The van der Waals surface area contributed by atoms with E-state index >= 15 is 0 Å². The Hall–Kier alpha value is -2.22. The van der Waals surface area contributed by atoms with Crippen LogP contribution in [0.25, 0.3) is 0 Å². The number of carboxylic acid groups (broad SMARTS) is 1. The van der Waals surface area contributed by atoms with Crippen molar-refractivity contribution in [1.29, 1.82) is 0 Å². The zero-order valence-electron chi connectivity index (χ0n) is 10.6. The van der Waals surface area contributed by atoms with Crippen LogP contribution in [0.3, 0.4) is 0 Å². The van der Waals surface area contributed by atoms with Gasteiger partial charge in [0.1, 0.15) is 0 Å². The van der Waals surface area contributed by atoms with Crippen molar-refractivity contribution in [1.82, 2.24) is 4.98 Å². The van der Waals surface area contributed by atoms with Gasteiger partial charge in [-0.15, -0.1) is 0 Å². The van der Waals surface area contributed by atoms with E-state index in [4.69, 9.17) is 10.2 Å². The minimum Gasteiger partial charge on any atom is -0.478 e. The van der Waals surface area contributed by atoms with E-state index in [1.165, 1.54) is 0 Å². The summed E-state index contributed by atoms with van der Waals surface area (Å²) in [5.74, 6) is -1.30. The highest BCUT2D eigenvalue weighted by Crippen LogP contribution is 2.24. The maximum atomic E-state index is 10.9. The molecule has 0 spiro atoms. The van der Waals surface area contributed by atoms with Crippen LogP contribution in [0.4, 0.5) is 11.5 Å². The normalized spacial score (nSPS) is 11.1. The fourth-order valence-corrected chi connectivity index (χ4v) is 1.22. The van der Waals surface area contributed by atoms with Gasteiger partial charge in [-0.05, 0) is 0 Å². The molecule has 104 valence electrons. The Morgan fingerprint density at radius 3 is 2.68 bits per heavy atom. The number of nitrogens with zero attached hydrogens (tertiary/aromatic N) is 2. The number of nitro groups is 1. The standard InChI is InChI=1S/C11H15N3O5/c1-11(2,6-15)5-13-9-8(14(18)19)3-7(4-12-9)10(16)17/h3-4,15H,5-6H2,1-2H3,(H,12,13)(H,16,17). The number of aromatic nitrogens is 1. The van der Waals surface area contributed by atoms with E-state index in [9.17, 15) is 14.9 Å². The minimum absolute atomic E-state index is 0.0171.